The van der Waals surface area contributed by atoms with Crippen LogP contribution in [0.2, 0.25) is 0 Å². The van der Waals surface area contributed by atoms with Gasteiger partial charge in [0.05, 0.1) is 18.7 Å². The number of pyridine rings is 1. The number of aromatic amines is 1. The number of likely N-dealkylation sites (tertiary alicyclic amines) is 1. The molecule has 1 saturated heterocycles. The van der Waals surface area contributed by atoms with Gasteiger partial charge in [0.2, 0.25) is 0 Å². The number of carbonyl (C=O) groups excluding carboxylic acids is 1. The molecule has 4 rings (SSSR count). The van der Waals surface area contributed by atoms with Crippen LogP contribution >= 0.6 is 0 Å². The normalized spacial score (nSPS) is 15.3. The summed E-state index contributed by atoms with van der Waals surface area (Å²) in [7, 11) is 1.65. The molecule has 1 aromatic heterocycles. The summed E-state index contributed by atoms with van der Waals surface area (Å²) in [5.74, 6) is 0.632. The Labute approximate surface area is 169 Å². The van der Waals surface area contributed by atoms with Crippen molar-refractivity contribution in [2.24, 2.45) is 0 Å². The molecule has 0 radical (unpaired) electrons. The minimum atomic E-state index is -0.190. The summed E-state index contributed by atoms with van der Waals surface area (Å²) in [5.41, 5.74) is 1.44. The van der Waals surface area contributed by atoms with Crippen molar-refractivity contribution in [3.05, 3.63) is 76.2 Å². The summed E-state index contributed by atoms with van der Waals surface area (Å²) in [4.78, 5) is 30.1. The number of H-pyrrole nitrogens is 1. The molecule has 1 atom stereocenters. The highest BCUT2D eigenvalue weighted by Crippen LogP contribution is 2.26. The fraction of sp³-hybridized carbons (Fsp3) is 0.304. The van der Waals surface area contributed by atoms with Crippen LogP contribution in [0.1, 0.15) is 34.8 Å². The molecule has 2 N–H and O–H groups in total. The maximum Gasteiger partial charge on any atom is 0.255 e. The number of aromatic nitrogens is 1. The van der Waals surface area contributed by atoms with E-state index in [0.717, 1.165) is 24.4 Å². The second-order valence-electron chi connectivity index (χ2n) is 7.32. The lowest BCUT2D eigenvalue weighted by Crippen LogP contribution is -2.37. The molecule has 150 valence electrons. The maximum atomic E-state index is 12.9. The first kappa shape index (κ1) is 19.2. The molecule has 6 nitrogen and oxygen atoms in total. The Bertz CT molecular complexity index is 1050. The van der Waals surface area contributed by atoms with E-state index in [1.807, 2.05) is 18.2 Å². The van der Waals surface area contributed by atoms with Crippen LogP contribution in [0.4, 0.5) is 0 Å². The molecule has 1 amide bonds. The molecule has 0 spiro atoms. The molecule has 6 heteroatoms. The topological polar surface area (TPSA) is 74.4 Å². The standard InChI is InChI=1S/C23H25N3O3/c1-29-17-10-8-16(9-11-17)21(26-12-4-5-13-26)15-25-23(28)20-14-24-22(27)19-7-3-2-6-18(19)20/h2-3,6-11,14,21H,4-5,12-13,15H2,1H3,(H,24,27)(H,25,28)/t21-/m1/s1. The van der Waals surface area contributed by atoms with Gasteiger partial charge in [0.25, 0.3) is 11.5 Å². The van der Waals surface area contributed by atoms with Gasteiger partial charge in [-0.15, -0.1) is 0 Å². The van der Waals surface area contributed by atoms with E-state index >= 15 is 0 Å². The number of methoxy groups -OCH3 is 1. The van der Waals surface area contributed by atoms with Crippen molar-refractivity contribution >= 4 is 16.7 Å². The van der Waals surface area contributed by atoms with E-state index in [0.29, 0.717) is 22.9 Å². The highest BCUT2D eigenvalue weighted by molar-refractivity contribution is 6.06. The Hall–Kier alpha value is -3.12. The lowest BCUT2D eigenvalue weighted by molar-refractivity contribution is 0.0939. The molecule has 1 fully saturated rings. The van der Waals surface area contributed by atoms with Gasteiger partial charge in [-0.3, -0.25) is 14.5 Å². The van der Waals surface area contributed by atoms with E-state index < -0.39 is 0 Å². The number of rotatable bonds is 6. The quantitative estimate of drug-likeness (QED) is 0.677. The third kappa shape index (κ3) is 4.03. The molecule has 0 aliphatic carbocycles. The third-order valence-corrected chi connectivity index (χ3v) is 5.59. The summed E-state index contributed by atoms with van der Waals surface area (Å²) >= 11 is 0. The first-order valence-corrected chi connectivity index (χ1v) is 9.94. The Morgan fingerprint density at radius 3 is 2.48 bits per heavy atom. The van der Waals surface area contributed by atoms with E-state index in [2.05, 4.69) is 27.3 Å². The largest absolute Gasteiger partial charge is 0.497 e. The van der Waals surface area contributed by atoms with Crippen LogP contribution in [0.15, 0.2) is 59.5 Å². The number of nitrogens with zero attached hydrogens (tertiary/aromatic N) is 1. The zero-order valence-corrected chi connectivity index (χ0v) is 16.5. The second-order valence-corrected chi connectivity index (χ2v) is 7.32. The highest BCUT2D eigenvalue weighted by Gasteiger charge is 2.24. The molecule has 0 saturated carbocycles. The summed E-state index contributed by atoms with van der Waals surface area (Å²) in [6, 6.07) is 15.3. The van der Waals surface area contributed by atoms with Gasteiger partial charge >= 0.3 is 0 Å². The van der Waals surface area contributed by atoms with Crippen LogP contribution in [-0.4, -0.2) is 42.5 Å². The molecule has 2 heterocycles. The number of amides is 1. The van der Waals surface area contributed by atoms with Crippen LogP contribution in [0.5, 0.6) is 5.75 Å². The molecule has 29 heavy (non-hydrogen) atoms. The Balaban J connectivity index is 1.56. The lowest BCUT2D eigenvalue weighted by atomic mass is 10.0. The minimum absolute atomic E-state index is 0.0985. The van der Waals surface area contributed by atoms with Crippen molar-refractivity contribution in [3.8, 4) is 5.75 Å². The first-order valence-electron chi connectivity index (χ1n) is 9.94. The van der Waals surface area contributed by atoms with E-state index in [-0.39, 0.29) is 17.5 Å². The molecule has 2 aromatic carbocycles. The third-order valence-electron chi connectivity index (χ3n) is 5.59. The number of ether oxygens (including phenoxy) is 1. The van der Waals surface area contributed by atoms with E-state index in [4.69, 9.17) is 4.74 Å². The molecular weight excluding hydrogens is 366 g/mol. The van der Waals surface area contributed by atoms with Crippen molar-refractivity contribution < 1.29 is 9.53 Å². The monoisotopic (exact) mass is 391 g/mol. The van der Waals surface area contributed by atoms with Crippen molar-refractivity contribution in [2.45, 2.75) is 18.9 Å². The van der Waals surface area contributed by atoms with Crippen molar-refractivity contribution in [3.63, 3.8) is 0 Å². The van der Waals surface area contributed by atoms with E-state index in [9.17, 15) is 9.59 Å². The molecule has 1 aliphatic rings. The van der Waals surface area contributed by atoms with E-state index in [1.165, 1.54) is 19.0 Å². The van der Waals surface area contributed by atoms with Gasteiger partial charge in [-0.2, -0.15) is 0 Å². The van der Waals surface area contributed by atoms with Crippen molar-refractivity contribution in [2.75, 3.05) is 26.7 Å². The number of hydrogen-bond donors (Lipinski definition) is 2. The summed E-state index contributed by atoms with van der Waals surface area (Å²) in [6.45, 7) is 2.54. The molecule has 0 unspecified atom stereocenters. The Morgan fingerprint density at radius 2 is 1.79 bits per heavy atom. The predicted octanol–water partition coefficient (Wildman–Crippen LogP) is 3.10. The summed E-state index contributed by atoms with van der Waals surface area (Å²) in [6.07, 6.45) is 3.84. The zero-order chi connectivity index (χ0) is 20.2. The summed E-state index contributed by atoms with van der Waals surface area (Å²) in [5, 5.41) is 4.26. The number of hydrogen-bond acceptors (Lipinski definition) is 4. The van der Waals surface area contributed by atoms with Gasteiger partial charge in [0, 0.05) is 23.5 Å². The van der Waals surface area contributed by atoms with Crippen LogP contribution < -0.4 is 15.6 Å². The Morgan fingerprint density at radius 1 is 1.10 bits per heavy atom. The molecule has 0 bridgehead atoms. The fourth-order valence-corrected chi connectivity index (χ4v) is 4.02. The smallest absolute Gasteiger partial charge is 0.255 e. The number of nitrogens with one attached hydrogen (secondary N) is 2. The van der Waals surface area contributed by atoms with Crippen molar-refractivity contribution in [1.29, 1.82) is 0 Å². The Kier molecular flexibility index (Phi) is 5.62. The predicted molar refractivity (Wildman–Crippen MR) is 113 cm³/mol. The van der Waals surface area contributed by atoms with Crippen LogP contribution in [0.3, 0.4) is 0 Å². The second kappa shape index (κ2) is 8.49. The van der Waals surface area contributed by atoms with Gasteiger partial charge in [-0.25, -0.2) is 0 Å². The first-order chi connectivity index (χ1) is 14.2. The number of carbonyl (C=O) groups is 1. The summed E-state index contributed by atoms with van der Waals surface area (Å²) < 4.78 is 5.27. The lowest BCUT2D eigenvalue weighted by Gasteiger charge is -2.28. The van der Waals surface area contributed by atoms with Crippen LogP contribution in [0.25, 0.3) is 10.8 Å². The van der Waals surface area contributed by atoms with Crippen LogP contribution in [-0.2, 0) is 0 Å². The zero-order valence-electron chi connectivity index (χ0n) is 16.5. The van der Waals surface area contributed by atoms with E-state index in [1.54, 1.807) is 25.3 Å². The highest BCUT2D eigenvalue weighted by atomic mass is 16.5. The number of benzene rings is 2. The van der Waals surface area contributed by atoms with Gasteiger partial charge in [0.1, 0.15) is 5.75 Å². The molecule has 3 aromatic rings. The van der Waals surface area contributed by atoms with Gasteiger partial charge in [0.15, 0.2) is 0 Å². The number of fused-ring (bicyclic) bond motifs is 1. The average molecular weight is 391 g/mol. The van der Waals surface area contributed by atoms with Crippen molar-refractivity contribution in [1.82, 2.24) is 15.2 Å². The van der Waals surface area contributed by atoms with Crippen LogP contribution in [0, 0.1) is 0 Å². The van der Waals surface area contributed by atoms with Gasteiger partial charge in [-0.1, -0.05) is 30.3 Å². The average Bonchev–Trinajstić information content (AvgIpc) is 3.29. The fourth-order valence-electron chi connectivity index (χ4n) is 4.02. The molecular formula is C23H25N3O3. The van der Waals surface area contributed by atoms with Gasteiger partial charge in [-0.05, 0) is 49.7 Å². The SMILES string of the molecule is COc1ccc([C@@H](CNC(=O)c2c[nH]c(=O)c3ccccc23)N2CCCC2)cc1. The molecule has 1 aliphatic heterocycles. The maximum absolute atomic E-state index is 12.9. The van der Waals surface area contributed by atoms with Gasteiger partial charge < -0.3 is 15.0 Å². The minimum Gasteiger partial charge on any atom is -0.497 e.